The van der Waals surface area contributed by atoms with E-state index in [1.165, 1.54) is 12.4 Å². The number of hydrogen-bond donors (Lipinski definition) is 3. The Bertz CT molecular complexity index is 573. The summed E-state index contributed by atoms with van der Waals surface area (Å²) in [5.74, 6) is 5.23. The van der Waals surface area contributed by atoms with Gasteiger partial charge in [0.2, 0.25) is 0 Å². The highest BCUT2D eigenvalue weighted by atomic mass is 35.5. The summed E-state index contributed by atoms with van der Waals surface area (Å²) in [6.07, 6.45) is 2.72. The largest absolute Gasteiger partial charge is 0.347 e. The lowest BCUT2D eigenvalue weighted by Gasteiger charge is -2.06. The van der Waals surface area contributed by atoms with Crippen LogP contribution in [0.5, 0.6) is 0 Å². The molecule has 2 aromatic rings. The second kappa shape index (κ2) is 6.12. The van der Waals surface area contributed by atoms with Crippen LogP contribution >= 0.6 is 11.6 Å². The first-order valence-corrected chi connectivity index (χ1v) is 5.89. The standard InChI is InChI=1S/C12H12ClN5O/c13-9-4-2-1-3-8(9)5-17-12(19)10-6-16-11(18-14)7-15-10/h1-4,6-7H,5,14H2,(H,16,18)(H,17,19). The number of amides is 1. The van der Waals surface area contributed by atoms with Crippen LogP contribution in [0.3, 0.4) is 0 Å². The van der Waals surface area contributed by atoms with Gasteiger partial charge in [-0.05, 0) is 11.6 Å². The Kier molecular flexibility index (Phi) is 4.27. The van der Waals surface area contributed by atoms with E-state index in [-0.39, 0.29) is 11.6 Å². The van der Waals surface area contributed by atoms with Crippen molar-refractivity contribution in [2.45, 2.75) is 6.54 Å². The zero-order valence-corrected chi connectivity index (χ0v) is 10.7. The van der Waals surface area contributed by atoms with Crippen LogP contribution < -0.4 is 16.6 Å². The number of benzene rings is 1. The first kappa shape index (κ1) is 13.3. The van der Waals surface area contributed by atoms with Crippen molar-refractivity contribution >= 4 is 23.3 Å². The van der Waals surface area contributed by atoms with Crippen molar-refractivity contribution in [2.75, 3.05) is 5.43 Å². The van der Waals surface area contributed by atoms with E-state index >= 15 is 0 Å². The Hall–Kier alpha value is -2.18. The van der Waals surface area contributed by atoms with Crippen molar-refractivity contribution in [3.63, 3.8) is 0 Å². The van der Waals surface area contributed by atoms with Crippen LogP contribution in [-0.2, 0) is 6.54 Å². The molecule has 0 aliphatic rings. The maximum absolute atomic E-state index is 11.8. The number of nitrogens with zero attached hydrogens (tertiary/aromatic N) is 2. The van der Waals surface area contributed by atoms with Gasteiger partial charge in [-0.1, -0.05) is 29.8 Å². The average Bonchev–Trinajstić information content (AvgIpc) is 2.46. The van der Waals surface area contributed by atoms with E-state index in [1.807, 2.05) is 18.2 Å². The molecule has 0 atom stereocenters. The molecule has 0 radical (unpaired) electrons. The Balaban J connectivity index is 1.99. The predicted molar refractivity (Wildman–Crippen MR) is 72.5 cm³/mol. The van der Waals surface area contributed by atoms with Gasteiger partial charge >= 0.3 is 0 Å². The second-order valence-electron chi connectivity index (χ2n) is 3.71. The number of halogens is 1. The highest BCUT2D eigenvalue weighted by molar-refractivity contribution is 6.31. The Labute approximate surface area is 115 Å². The minimum absolute atomic E-state index is 0.214. The van der Waals surface area contributed by atoms with Gasteiger partial charge in [0.1, 0.15) is 5.69 Å². The van der Waals surface area contributed by atoms with Crippen LogP contribution in [-0.4, -0.2) is 15.9 Å². The number of nitrogen functional groups attached to an aromatic ring is 1. The zero-order chi connectivity index (χ0) is 13.7. The molecule has 0 saturated carbocycles. The minimum atomic E-state index is -0.323. The minimum Gasteiger partial charge on any atom is -0.347 e. The lowest BCUT2D eigenvalue weighted by Crippen LogP contribution is -2.24. The summed E-state index contributed by atoms with van der Waals surface area (Å²) in [6, 6.07) is 7.30. The fourth-order valence-corrected chi connectivity index (χ4v) is 1.63. The van der Waals surface area contributed by atoms with Gasteiger partial charge < -0.3 is 10.7 Å². The van der Waals surface area contributed by atoms with Crippen molar-refractivity contribution in [3.05, 3.63) is 52.9 Å². The number of hydrazine groups is 1. The van der Waals surface area contributed by atoms with Crippen molar-refractivity contribution < 1.29 is 4.79 Å². The van der Waals surface area contributed by atoms with E-state index in [1.54, 1.807) is 6.07 Å². The number of nitrogens with one attached hydrogen (secondary N) is 2. The molecular weight excluding hydrogens is 266 g/mol. The number of nitrogens with two attached hydrogens (primary N) is 1. The van der Waals surface area contributed by atoms with Crippen LogP contribution in [0.4, 0.5) is 5.82 Å². The van der Waals surface area contributed by atoms with E-state index in [9.17, 15) is 4.79 Å². The molecule has 0 fully saturated rings. The van der Waals surface area contributed by atoms with Crippen molar-refractivity contribution in [2.24, 2.45) is 5.84 Å². The molecule has 1 amide bonds. The number of anilines is 1. The molecule has 0 saturated heterocycles. The molecular formula is C12H12ClN5O. The van der Waals surface area contributed by atoms with Gasteiger partial charge in [0.25, 0.3) is 5.91 Å². The average molecular weight is 278 g/mol. The topological polar surface area (TPSA) is 92.9 Å². The summed E-state index contributed by atoms with van der Waals surface area (Å²) in [5.41, 5.74) is 3.39. The van der Waals surface area contributed by atoms with Crippen LogP contribution in [0.15, 0.2) is 36.7 Å². The van der Waals surface area contributed by atoms with Crippen molar-refractivity contribution in [1.29, 1.82) is 0 Å². The quantitative estimate of drug-likeness (QED) is 0.579. The van der Waals surface area contributed by atoms with Gasteiger partial charge in [0.15, 0.2) is 5.82 Å². The molecule has 2 rings (SSSR count). The normalized spacial score (nSPS) is 10.0. The Morgan fingerprint density at radius 1 is 1.26 bits per heavy atom. The molecule has 0 bridgehead atoms. The molecule has 1 heterocycles. The van der Waals surface area contributed by atoms with Gasteiger partial charge in [-0.25, -0.2) is 15.8 Å². The van der Waals surface area contributed by atoms with E-state index < -0.39 is 0 Å². The van der Waals surface area contributed by atoms with Crippen LogP contribution in [0.25, 0.3) is 0 Å². The number of aromatic nitrogens is 2. The van der Waals surface area contributed by atoms with Crippen molar-refractivity contribution in [3.8, 4) is 0 Å². The van der Waals surface area contributed by atoms with Crippen molar-refractivity contribution in [1.82, 2.24) is 15.3 Å². The first-order valence-electron chi connectivity index (χ1n) is 5.51. The monoisotopic (exact) mass is 277 g/mol. The summed E-state index contributed by atoms with van der Waals surface area (Å²) in [7, 11) is 0. The van der Waals surface area contributed by atoms with Crippen LogP contribution in [0.2, 0.25) is 5.02 Å². The molecule has 6 nitrogen and oxygen atoms in total. The maximum Gasteiger partial charge on any atom is 0.271 e. The fraction of sp³-hybridized carbons (Fsp3) is 0.0833. The molecule has 4 N–H and O–H groups in total. The third-order valence-electron chi connectivity index (χ3n) is 2.43. The summed E-state index contributed by atoms with van der Waals surface area (Å²) in [4.78, 5) is 19.7. The van der Waals surface area contributed by atoms with Gasteiger partial charge in [-0.15, -0.1) is 0 Å². The predicted octanol–water partition coefficient (Wildman–Crippen LogP) is 1.35. The van der Waals surface area contributed by atoms with Gasteiger partial charge in [-0.2, -0.15) is 0 Å². The Morgan fingerprint density at radius 3 is 2.68 bits per heavy atom. The Morgan fingerprint density at radius 2 is 2.05 bits per heavy atom. The number of carbonyl (C=O) groups is 1. The molecule has 7 heteroatoms. The molecule has 0 spiro atoms. The van der Waals surface area contributed by atoms with Gasteiger partial charge in [0.05, 0.1) is 12.4 Å². The number of hydrogen-bond acceptors (Lipinski definition) is 5. The third kappa shape index (κ3) is 3.40. The maximum atomic E-state index is 11.8. The highest BCUT2D eigenvalue weighted by Gasteiger charge is 2.08. The lowest BCUT2D eigenvalue weighted by atomic mass is 10.2. The van der Waals surface area contributed by atoms with Gasteiger partial charge in [0, 0.05) is 11.6 Å². The summed E-state index contributed by atoms with van der Waals surface area (Å²) in [6.45, 7) is 0.330. The first-order chi connectivity index (χ1) is 9.20. The van der Waals surface area contributed by atoms with E-state index in [0.717, 1.165) is 5.56 Å². The molecule has 19 heavy (non-hydrogen) atoms. The summed E-state index contributed by atoms with van der Waals surface area (Å²) in [5, 5.41) is 3.32. The van der Waals surface area contributed by atoms with E-state index in [2.05, 4.69) is 20.7 Å². The van der Waals surface area contributed by atoms with Gasteiger partial charge in [-0.3, -0.25) is 4.79 Å². The zero-order valence-electron chi connectivity index (χ0n) is 9.93. The molecule has 1 aromatic carbocycles. The number of carbonyl (C=O) groups excluding carboxylic acids is 1. The van der Waals surface area contributed by atoms with E-state index in [0.29, 0.717) is 17.4 Å². The summed E-state index contributed by atoms with van der Waals surface area (Å²) >= 11 is 5.99. The molecule has 0 unspecified atom stereocenters. The highest BCUT2D eigenvalue weighted by Crippen LogP contribution is 2.14. The summed E-state index contributed by atoms with van der Waals surface area (Å²) < 4.78 is 0. The van der Waals surface area contributed by atoms with E-state index in [4.69, 9.17) is 17.4 Å². The van der Waals surface area contributed by atoms with Crippen LogP contribution in [0.1, 0.15) is 16.1 Å². The smallest absolute Gasteiger partial charge is 0.271 e. The third-order valence-corrected chi connectivity index (χ3v) is 2.80. The SMILES string of the molecule is NNc1cnc(C(=O)NCc2ccccc2Cl)cn1. The molecule has 98 valence electrons. The second-order valence-corrected chi connectivity index (χ2v) is 4.11. The molecule has 0 aliphatic carbocycles. The number of rotatable bonds is 4. The van der Waals surface area contributed by atoms with Crippen LogP contribution in [0, 0.1) is 0 Å². The molecule has 0 aliphatic heterocycles. The molecule has 1 aromatic heterocycles. The fourth-order valence-electron chi connectivity index (χ4n) is 1.43. The lowest BCUT2D eigenvalue weighted by molar-refractivity contribution is 0.0945.